The van der Waals surface area contributed by atoms with Crippen LogP contribution >= 0.6 is 0 Å². The van der Waals surface area contributed by atoms with Gasteiger partial charge in [-0.3, -0.25) is 0 Å². The second-order valence-corrected chi connectivity index (χ2v) is 6.62. The molecule has 1 fully saturated rings. The lowest BCUT2D eigenvalue weighted by atomic mass is 10.0. The van der Waals surface area contributed by atoms with E-state index < -0.39 is 0 Å². The van der Waals surface area contributed by atoms with Gasteiger partial charge in [0, 0.05) is 36.8 Å². The molecule has 0 amide bonds. The number of rotatable bonds is 3. The molecule has 7 nitrogen and oxygen atoms in total. The van der Waals surface area contributed by atoms with Gasteiger partial charge in [-0.1, -0.05) is 0 Å². The van der Waals surface area contributed by atoms with E-state index in [1.54, 1.807) is 12.1 Å². The lowest BCUT2D eigenvalue weighted by molar-refractivity contribution is 0.476. The summed E-state index contributed by atoms with van der Waals surface area (Å²) < 4.78 is 2.01. The highest BCUT2D eigenvalue weighted by atomic mass is 16.3. The molecule has 1 aliphatic rings. The number of hydrogen-bond donors (Lipinski definition) is 3. The Kier molecular flexibility index (Phi) is 4.19. The van der Waals surface area contributed by atoms with Gasteiger partial charge in [0.05, 0.1) is 17.1 Å². The molecule has 2 aromatic heterocycles. The third kappa shape index (κ3) is 2.85. The molecule has 3 aromatic rings. The van der Waals surface area contributed by atoms with E-state index in [0.717, 1.165) is 42.7 Å². The third-order valence-corrected chi connectivity index (χ3v) is 4.82. The second-order valence-electron chi connectivity index (χ2n) is 6.62. The minimum Gasteiger partial charge on any atom is -0.507 e. The Bertz CT molecular complexity index is 997. The first-order valence-electron chi connectivity index (χ1n) is 8.70. The largest absolute Gasteiger partial charge is 0.507 e. The fourth-order valence-corrected chi connectivity index (χ4v) is 3.48. The number of aryl methyl sites for hydroxylation is 1. The molecule has 0 unspecified atom stereocenters. The topological polar surface area (TPSA) is 98.8 Å². The number of nitrogens with one attached hydrogen (secondary N) is 2. The summed E-state index contributed by atoms with van der Waals surface area (Å²) in [6.45, 7) is 1.96. The molecule has 4 rings (SSSR count). The summed E-state index contributed by atoms with van der Waals surface area (Å²) in [5.74, 6) is 0.777. The first-order valence-corrected chi connectivity index (χ1v) is 8.70. The van der Waals surface area contributed by atoms with Gasteiger partial charge in [-0.15, -0.1) is 10.2 Å². The van der Waals surface area contributed by atoms with E-state index in [1.807, 2.05) is 29.9 Å². The molecule has 7 heteroatoms. The van der Waals surface area contributed by atoms with Crippen LogP contribution in [-0.4, -0.2) is 39.0 Å². The highest BCUT2D eigenvalue weighted by molar-refractivity contribution is 5.99. The van der Waals surface area contributed by atoms with Gasteiger partial charge >= 0.3 is 0 Å². The molecule has 0 bridgehead atoms. The van der Waals surface area contributed by atoms with E-state index in [9.17, 15) is 5.11 Å². The molecule has 3 heterocycles. The van der Waals surface area contributed by atoms with Gasteiger partial charge in [-0.25, -0.2) is 0 Å². The van der Waals surface area contributed by atoms with Crippen molar-refractivity contribution >= 4 is 16.7 Å². The zero-order valence-electron chi connectivity index (χ0n) is 14.5. The summed E-state index contributed by atoms with van der Waals surface area (Å²) >= 11 is 0. The summed E-state index contributed by atoms with van der Waals surface area (Å²) in [5.41, 5.74) is 2.53. The van der Waals surface area contributed by atoms with Crippen LogP contribution in [0.15, 0.2) is 30.5 Å². The maximum atomic E-state index is 10.3. The number of aromatic hydroxyl groups is 1. The number of hydrogen-bond acceptors (Lipinski definition) is 6. The average molecular weight is 348 g/mol. The quantitative estimate of drug-likeness (QED) is 0.672. The molecular weight excluding hydrogens is 328 g/mol. The Morgan fingerprint density at radius 1 is 1.35 bits per heavy atom. The molecule has 26 heavy (non-hydrogen) atoms. The van der Waals surface area contributed by atoms with Crippen molar-refractivity contribution in [2.45, 2.75) is 18.9 Å². The van der Waals surface area contributed by atoms with E-state index in [-0.39, 0.29) is 5.75 Å². The van der Waals surface area contributed by atoms with E-state index in [2.05, 4.69) is 20.8 Å². The monoisotopic (exact) mass is 348 g/mol. The first-order chi connectivity index (χ1) is 12.7. The van der Waals surface area contributed by atoms with Crippen molar-refractivity contribution in [2.24, 2.45) is 7.05 Å². The molecule has 1 saturated heterocycles. The molecule has 0 radical (unpaired) electrons. The number of nitrogens with zero attached hydrogens (tertiary/aromatic N) is 4. The van der Waals surface area contributed by atoms with Crippen molar-refractivity contribution in [3.05, 3.63) is 36.0 Å². The van der Waals surface area contributed by atoms with E-state index in [0.29, 0.717) is 22.9 Å². The summed E-state index contributed by atoms with van der Waals surface area (Å²) in [7, 11) is 1.97. The summed E-state index contributed by atoms with van der Waals surface area (Å²) in [5, 5.41) is 35.9. The number of nitriles is 1. The van der Waals surface area contributed by atoms with Crippen LogP contribution in [0.4, 0.5) is 5.82 Å². The average Bonchev–Trinajstić information content (AvgIpc) is 3.05. The number of benzene rings is 1. The lowest BCUT2D eigenvalue weighted by Crippen LogP contribution is -2.38. The third-order valence-electron chi connectivity index (χ3n) is 4.82. The molecular formula is C19H20N6O. The van der Waals surface area contributed by atoms with Crippen LogP contribution in [0, 0.1) is 11.3 Å². The van der Waals surface area contributed by atoms with E-state index in [1.165, 1.54) is 6.07 Å². The lowest BCUT2D eigenvalue weighted by Gasteiger charge is -2.24. The molecule has 0 saturated carbocycles. The van der Waals surface area contributed by atoms with Crippen molar-refractivity contribution in [1.82, 2.24) is 20.1 Å². The minimum atomic E-state index is 0.0284. The minimum absolute atomic E-state index is 0.0284. The van der Waals surface area contributed by atoms with Crippen LogP contribution in [0.25, 0.3) is 22.2 Å². The second kappa shape index (κ2) is 6.65. The number of anilines is 1. The van der Waals surface area contributed by atoms with Crippen molar-refractivity contribution in [1.29, 1.82) is 5.26 Å². The predicted octanol–water partition coefficient (Wildman–Crippen LogP) is 2.38. The van der Waals surface area contributed by atoms with Crippen molar-refractivity contribution < 1.29 is 5.11 Å². The zero-order chi connectivity index (χ0) is 18.1. The highest BCUT2D eigenvalue weighted by Gasteiger charge is 2.19. The van der Waals surface area contributed by atoms with Gasteiger partial charge in [0.25, 0.3) is 0 Å². The van der Waals surface area contributed by atoms with E-state index in [4.69, 9.17) is 5.26 Å². The van der Waals surface area contributed by atoms with Crippen LogP contribution < -0.4 is 10.6 Å². The fourth-order valence-electron chi connectivity index (χ4n) is 3.48. The van der Waals surface area contributed by atoms with Crippen LogP contribution in [0.2, 0.25) is 0 Å². The number of phenols is 1. The molecule has 132 valence electrons. The molecule has 0 aliphatic carbocycles. The standard InChI is InChI=1S/C19H20N6O/c1-25-8-6-15-17(14-5-4-12(10-20)9-16(14)26)23-24-19(18(15)25)22-13-3-2-7-21-11-13/h4-6,8-9,13,21,26H,2-3,7,11H2,1H3,(H,22,24)/t13-/m1/s1. The van der Waals surface area contributed by atoms with Gasteiger partial charge < -0.3 is 20.3 Å². The van der Waals surface area contributed by atoms with Crippen LogP contribution in [-0.2, 0) is 7.05 Å². The van der Waals surface area contributed by atoms with Crippen LogP contribution in [0.1, 0.15) is 18.4 Å². The maximum Gasteiger partial charge on any atom is 0.173 e. The molecule has 1 aliphatic heterocycles. The van der Waals surface area contributed by atoms with Gasteiger partial charge in [0.1, 0.15) is 11.4 Å². The number of phenolic OH excluding ortho intramolecular Hbond substituents is 1. The number of aromatic nitrogens is 3. The van der Waals surface area contributed by atoms with Crippen molar-refractivity contribution in [2.75, 3.05) is 18.4 Å². The molecule has 3 N–H and O–H groups in total. The van der Waals surface area contributed by atoms with Crippen molar-refractivity contribution in [3.8, 4) is 23.1 Å². The van der Waals surface area contributed by atoms with Crippen LogP contribution in [0.5, 0.6) is 5.75 Å². The molecule has 0 spiro atoms. The Morgan fingerprint density at radius 3 is 2.96 bits per heavy atom. The first kappa shape index (κ1) is 16.4. The smallest absolute Gasteiger partial charge is 0.173 e. The summed E-state index contributed by atoms with van der Waals surface area (Å²) in [6.07, 6.45) is 4.19. The Balaban J connectivity index is 1.79. The highest BCUT2D eigenvalue weighted by Crippen LogP contribution is 2.35. The van der Waals surface area contributed by atoms with Crippen LogP contribution in [0.3, 0.4) is 0 Å². The van der Waals surface area contributed by atoms with Crippen molar-refractivity contribution in [3.63, 3.8) is 0 Å². The fraction of sp³-hybridized carbons (Fsp3) is 0.316. The SMILES string of the molecule is Cn1ccc2c(-c3ccc(C#N)cc3O)nnc(N[C@@H]3CCCNC3)c21. The van der Waals surface area contributed by atoms with Gasteiger partial charge in [-0.05, 0) is 43.7 Å². The van der Waals surface area contributed by atoms with Gasteiger partial charge in [0.15, 0.2) is 5.82 Å². The maximum absolute atomic E-state index is 10.3. The number of piperidine rings is 1. The summed E-state index contributed by atoms with van der Waals surface area (Å²) in [6, 6.07) is 9.16. The Hall–Kier alpha value is -3.11. The van der Waals surface area contributed by atoms with E-state index >= 15 is 0 Å². The Labute approximate surface area is 151 Å². The van der Waals surface area contributed by atoms with Gasteiger partial charge in [0.2, 0.25) is 0 Å². The summed E-state index contributed by atoms with van der Waals surface area (Å²) in [4.78, 5) is 0. The predicted molar refractivity (Wildman–Crippen MR) is 99.8 cm³/mol. The Morgan fingerprint density at radius 2 is 2.23 bits per heavy atom. The van der Waals surface area contributed by atoms with Gasteiger partial charge in [-0.2, -0.15) is 5.26 Å². The molecule has 1 atom stereocenters. The normalized spacial score (nSPS) is 17.2. The number of fused-ring (bicyclic) bond motifs is 1. The zero-order valence-corrected chi connectivity index (χ0v) is 14.5. The molecule has 1 aromatic carbocycles.